The first-order valence-corrected chi connectivity index (χ1v) is 4.46. The topological polar surface area (TPSA) is 27.1 Å². The standard InChI is InChI=1S/C9H14N2O/c1-8-4-5-10-11(8)7-9-3-2-6-12-9/h4-5,9H,2-3,6-7H2,1H3. The lowest BCUT2D eigenvalue weighted by Gasteiger charge is -2.10. The summed E-state index contributed by atoms with van der Waals surface area (Å²) in [6, 6.07) is 2.02. The fraction of sp³-hybridized carbons (Fsp3) is 0.667. The molecule has 3 heteroatoms. The zero-order valence-electron chi connectivity index (χ0n) is 7.36. The highest BCUT2D eigenvalue weighted by atomic mass is 16.5. The molecule has 0 saturated carbocycles. The first-order valence-electron chi connectivity index (χ1n) is 4.46. The SMILES string of the molecule is Cc1ccnn1CC1CCCO1. The summed E-state index contributed by atoms with van der Waals surface area (Å²) in [7, 11) is 0. The van der Waals surface area contributed by atoms with E-state index in [1.807, 2.05) is 16.9 Å². The largest absolute Gasteiger partial charge is 0.376 e. The van der Waals surface area contributed by atoms with E-state index in [4.69, 9.17) is 4.74 Å². The van der Waals surface area contributed by atoms with E-state index in [0.29, 0.717) is 6.10 Å². The second kappa shape index (κ2) is 3.27. The summed E-state index contributed by atoms with van der Waals surface area (Å²) in [5, 5.41) is 4.22. The fourth-order valence-electron chi connectivity index (χ4n) is 1.57. The van der Waals surface area contributed by atoms with Gasteiger partial charge in [0.1, 0.15) is 0 Å². The third kappa shape index (κ3) is 1.50. The Labute approximate surface area is 72.3 Å². The molecule has 1 aliphatic heterocycles. The summed E-state index contributed by atoms with van der Waals surface area (Å²) in [5.74, 6) is 0. The van der Waals surface area contributed by atoms with Gasteiger partial charge in [-0.15, -0.1) is 0 Å². The smallest absolute Gasteiger partial charge is 0.0771 e. The zero-order valence-corrected chi connectivity index (χ0v) is 7.36. The van der Waals surface area contributed by atoms with Gasteiger partial charge >= 0.3 is 0 Å². The van der Waals surface area contributed by atoms with Crippen molar-refractivity contribution in [2.24, 2.45) is 0 Å². The van der Waals surface area contributed by atoms with Crippen molar-refractivity contribution in [3.63, 3.8) is 0 Å². The van der Waals surface area contributed by atoms with Gasteiger partial charge in [0.15, 0.2) is 0 Å². The maximum Gasteiger partial charge on any atom is 0.0771 e. The van der Waals surface area contributed by atoms with E-state index in [9.17, 15) is 0 Å². The first kappa shape index (κ1) is 7.80. The van der Waals surface area contributed by atoms with E-state index in [2.05, 4.69) is 12.0 Å². The first-order chi connectivity index (χ1) is 5.86. The molecule has 3 nitrogen and oxygen atoms in total. The molecule has 1 aromatic rings. The van der Waals surface area contributed by atoms with Crippen LogP contribution in [0.2, 0.25) is 0 Å². The second-order valence-corrected chi connectivity index (χ2v) is 3.29. The Hall–Kier alpha value is -0.830. The van der Waals surface area contributed by atoms with Gasteiger partial charge in [-0.05, 0) is 25.8 Å². The van der Waals surface area contributed by atoms with E-state index < -0.39 is 0 Å². The average molecular weight is 166 g/mol. The Morgan fingerprint density at radius 1 is 1.75 bits per heavy atom. The lowest BCUT2D eigenvalue weighted by atomic mass is 10.2. The zero-order chi connectivity index (χ0) is 8.39. The fourth-order valence-corrected chi connectivity index (χ4v) is 1.57. The average Bonchev–Trinajstić information content (AvgIpc) is 2.65. The molecule has 1 aliphatic rings. The normalized spacial score (nSPS) is 23.2. The molecule has 1 atom stereocenters. The summed E-state index contributed by atoms with van der Waals surface area (Å²) in [6.45, 7) is 3.91. The predicted octanol–water partition coefficient (Wildman–Crippen LogP) is 1.37. The number of aromatic nitrogens is 2. The van der Waals surface area contributed by atoms with Crippen LogP contribution in [0.5, 0.6) is 0 Å². The van der Waals surface area contributed by atoms with Crippen LogP contribution in [-0.2, 0) is 11.3 Å². The lowest BCUT2D eigenvalue weighted by Crippen LogP contribution is -2.16. The van der Waals surface area contributed by atoms with Crippen LogP contribution in [0.25, 0.3) is 0 Å². The van der Waals surface area contributed by atoms with Crippen LogP contribution < -0.4 is 0 Å². The van der Waals surface area contributed by atoms with Crippen LogP contribution in [0.3, 0.4) is 0 Å². The Bertz CT molecular complexity index is 251. The van der Waals surface area contributed by atoms with E-state index in [1.54, 1.807) is 0 Å². The van der Waals surface area contributed by atoms with E-state index >= 15 is 0 Å². The summed E-state index contributed by atoms with van der Waals surface area (Å²) in [5.41, 5.74) is 1.21. The summed E-state index contributed by atoms with van der Waals surface area (Å²) < 4.78 is 7.53. The molecule has 1 saturated heterocycles. The Morgan fingerprint density at radius 2 is 2.67 bits per heavy atom. The molecule has 1 aromatic heterocycles. The Balaban J connectivity index is 1.98. The van der Waals surface area contributed by atoms with Gasteiger partial charge in [0, 0.05) is 18.5 Å². The molecule has 1 fully saturated rings. The molecule has 66 valence electrons. The van der Waals surface area contributed by atoms with Crippen molar-refractivity contribution >= 4 is 0 Å². The third-order valence-corrected chi connectivity index (χ3v) is 2.33. The maximum absolute atomic E-state index is 5.52. The summed E-state index contributed by atoms with van der Waals surface area (Å²) in [6.07, 6.45) is 4.61. The number of nitrogens with zero attached hydrogens (tertiary/aromatic N) is 2. The molecular formula is C9H14N2O. The van der Waals surface area contributed by atoms with Crippen molar-refractivity contribution in [3.05, 3.63) is 18.0 Å². The van der Waals surface area contributed by atoms with Gasteiger partial charge in [0.05, 0.1) is 12.6 Å². The molecule has 2 heterocycles. The van der Waals surface area contributed by atoms with Crippen molar-refractivity contribution in [3.8, 4) is 0 Å². The second-order valence-electron chi connectivity index (χ2n) is 3.29. The quantitative estimate of drug-likeness (QED) is 0.663. The third-order valence-electron chi connectivity index (χ3n) is 2.33. The van der Waals surface area contributed by atoms with Crippen LogP contribution in [0.4, 0.5) is 0 Å². The van der Waals surface area contributed by atoms with Gasteiger partial charge in [-0.1, -0.05) is 0 Å². The molecule has 0 radical (unpaired) electrons. The minimum absolute atomic E-state index is 0.392. The minimum atomic E-state index is 0.392. The van der Waals surface area contributed by atoms with E-state index in [-0.39, 0.29) is 0 Å². The molecule has 0 spiro atoms. The van der Waals surface area contributed by atoms with Crippen molar-refractivity contribution in [1.29, 1.82) is 0 Å². The molecular weight excluding hydrogens is 152 g/mol. The highest BCUT2D eigenvalue weighted by Crippen LogP contribution is 2.14. The van der Waals surface area contributed by atoms with Gasteiger partial charge in [-0.3, -0.25) is 4.68 Å². The van der Waals surface area contributed by atoms with Crippen LogP contribution in [-0.4, -0.2) is 22.5 Å². The molecule has 2 rings (SSSR count). The number of hydrogen-bond donors (Lipinski definition) is 0. The van der Waals surface area contributed by atoms with Gasteiger partial charge in [-0.2, -0.15) is 5.10 Å². The van der Waals surface area contributed by atoms with Crippen molar-refractivity contribution < 1.29 is 4.74 Å². The number of hydrogen-bond acceptors (Lipinski definition) is 2. The molecule has 0 N–H and O–H groups in total. The molecule has 0 aliphatic carbocycles. The summed E-state index contributed by atoms with van der Waals surface area (Å²) in [4.78, 5) is 0. The van der Waals surface area contributed by atoms with Crippen molar-refractivity contribution in [2.75, 3.05) is 6.61 Å². The van der Waals surface area contributed by atoms with Gasteiger partial charge in [0.2, 0.25) is 0 Å². The molecule has 0 aromatic carbocycles. The number of rotatable bonds is 2. The Kier molecular flexibility index (Phi) is 2.13. The maximum atomic E-state index is 5.52. The predicted molar refractivity (Wildman–Crippen MR) is 45.9 cm³/mol. The molecule has 0 amide bonds. The van der Waals surface area contributed by atoms with Crippen molar-refractivity contribution in [2.45, 2.75) is 32.4 Å². The monoisotopic (exact) mass is 166 g/mol. The summed E-state index contributed by atoms with van der Waals surface area (Å²) >= 11 is 0. The lowest BCUT2D eigenvalue weighted by molar-refractivity contribution is 0.0934. The van der Waals surface area contributed by atoms with E-state index in [1.165, 1.54) is 18.5 Å². The molecule has 1 unspecified atom stereocenters. The van der Waals surface area contributed by atoms with Crippen LogP contribution in [0, 0.1) is 6.92 Å². The minimum Gasteiger partial charge on any atom is -0.376 e. The van der Waals surface area contributed by atoms with Gasteiger partial charge in [0.25, 0.3) is 0 Å². The highest BCUT2D eigenvalue weighted by molar-refractivity contribution is 4.96. The van der Waals surface area contributed by atoms with Crippen molar-refractivity contribution in [1.82, 2.24) is 9.78 Å². The Morgan fingerprint density at radius 3 is 3.25 bits per heavy atom. The van der Waals surface area contributed by atoms with Crippen LogP contribution in [0.15, 0.2) is 12.3 Å². The van der Waals surface area contributed by atoms with Gasteiger partial charge < -0.3 is 4.74 Å². The highest BCUT2D eigenvalue weighted by Gasteiger charge is 2.16. The molecule has 12 heavy (non-hydrogen) atoms. The molecule has 0 bridgehead atoms. The van der Waals surface area contributed by atoms with Crippen LogP contribution >= 0.6 is 0 Å². The number of ether oxygens (including phenoxy) is 1. The van der Waals surface area contributed by atoms with E-state index in [0.717, 1.165) is 13.2 Å². The number of aryl methyl sites for hydroxylation is 1. The van der Waals surface area contributed by atoms with Crippen LogP contribution in [0.1, 0.15) is 18.5 Å². The van der Waals surface area contributed by atoms with Gasteiger partial charge in [-0.25, -0.2) is 0 Å².